The third-order valence-electron chi connectivity index (χ3n) is 4.25. The molecule has 0 aliphatic heterocycles. The summed E-state index contributed by atoms with van der Waals surface area (Å²) in [5, 5.41) is 3.65. The normalized spacial score (nSPS) is 26.9. The summed E-state index contributed by atoms with van der Waals surface area (Å²) in [6.07, 6.45) is 4.18. The number of anilines is 1. The highest BCUT2D eigenvalue weighted by atomic mass is 16.1. The van der Waals surface area contributed by atoms with Crippen LogP contribution in [0.3, 0.4) is 0 Å². The molecule has 1 saturated carbocycles. The van der Waals surface area contributed by atoms with Crippen molar-refractivity contribution in [1.82, 2.24) is 0 Å². The first-order valence-electron chi connectivity index (χ1n) is 7.20. The second-order valence-corrected chi connectivity index (χ2v) is 5.86. The van der Waals surface area contributed by atoms with Gasteiger partial charge in [0.15, 0.2) is 0 Å². The van der Waals surface area contributed by atoms with Gasteiger partial charge >= 0.3 is 0 Å². The van der Waals surface area contributed by atoms with Crippen LogP contribution < -0.4 is 11.1 Å². The molecule has 1 aromatic carbocycles. The average Bonchev–Trinajstić information content (AvgIpc) is 2.35. The van der Waals surface area contributed by atoms with Crippen molar-refractivity contribution in [2.75, 3.05) is 5.32 Å². The van der Waals surface area contributed by atoms with Crippen LogP contribution in [-0.4, -0.2) is 11.9 Å². The van der Waals surface area contributed by atoms with E-state index in [2.05, 4.69) is 19.2 Å². The number of nitrogens with one attached hydrogen (secondary N) is 1. The summed E-state index contributed by atoms with van der Waals surface area (Å²) < 4.78 is 0. The van der Waals surface area contributed by atoms with Gasteiger partial charge in [0.2, 0.25) is 5.91 Å². The maximum Gasteiger partial charge on any atom is 0.221 e. The molecule has 1 aliphatic carbocycles. The molecule has 1 fully saturated rings. The van der Waals surface area contributed by atoms with Gasteiger partial charge in [-0.2, -0.15) is 0 Å². The van der Waals surface area contributed by atoms with Crippen LogP contribution in [0.5, 0.6) is 0 Å². The van der Waals surface area contributed by atoms with Crippen molar-refractivity contribution >= 4 is 11.6 Å². The van der Waals surface area contributed by atoms with Gasteiger partial charge in [-0.15, -0.1) is 0 Å². The maximum atomic E-state index is 11.1. The molecule has 0 saturated heterocycles. The molecule has 0 heterocycles. The van der Waals surface area contributed by atoms with Crippen molar-refractivity contribution in [2.45, 2.75) is 45.6 Å². The first-order chi connectivity index (χ1) is 9.08. The molecular formula is C16H24N2O. The SMILES string of the molecule is CC1CCCC(C)C1Nc1ccccc1CC(N)=O. The summed E-state index contributed by atoms with van der Waals surface area (Å²) in [5.41, 5.74) is 7.38. The van der Waals surface area contributed by atoms with Crippen LogP contribution in [0.15, 0.2) is 24.3 Å². The van der Waals surface area contributed by atoms with Gasteiger partial charge in [0.25, 0.3) is 0 Å². The molecule has 0 radical (unpaired) electrons. The smallest absolute Gasteiger partial charge is 0.221 e. The maximum absolute atomic E-state index is 11.1. The van der Waals surface area contributed by atoms with E-state index in [4.69, 9.17) is 5.73 Å². The number of hydrogen-bond acceptors (Lipinski definition) is 2. The number of hydrogen-bond donors (Lipinski definition) is 2. The van der Waals surface area contributed by atoms with Crippen LogP contribution in [0.1, 0.15) is 38.7 Å². The molecular weight excluding hydrogens is 236 g/mol. The fourth-order valence-electron chi connectivity index (χ4n) is 3.15. The quantitative estimate of drug-likeness (QED) is 0.874. The zero-order valence-corrected chi connectivity index (χ0v) is 11.9. The summed E-state index contributed by atoms with van der Waals surface area (Å²) in [6, 6.07) is 8.47. The van der Waals surface area contributed by atoms with E-state index in [0.717, 1.165) is 11.3 Å². The van der Waals surface area contributed by atoms with Crippen molar-refractivity contribution in [3.63, 3.8) is 0 Å². The molecule has 0 spiro atoms. The van der Waals surface area contributed by atoms with Gasteiger partial charge in [0.1, 0.15) is 0 Å². The second-order valence-electron chi connectivity index (χ2n) is 5.86. The van der Waals surface area contributed by atoms with E-state index in [0.29, 0.717) is 24.3 Å². The average molecular weight is 260 g/mol. The number of nitrogens with two attached hydrogens (primary N) is 1. The summed E-state index contributed by atoms with van der Waals surface area (Å²) in [4.78, 5) is 11.1. The molecule has 3 heteroatoms. The Kier molecular flexibility index (Phi) is 4.46. The molecule has 2 rings (SSSR count). The van der Waals surface area contributed by atoms with Crippen molar-refractivity contribution < 1.29 is 4.79 Å². The van der Waals surface area contributed by atoms with Crippen LogP contribution in [0, 0.1) is 11.8 Å². The van der Waals surface area contributed by atoms with Gasteiger partial charge in [0.05, 0.1) is 6.42 Å². The number of carbonyl (C=O) groups is 1. The van der Waals surface area contributed by atoms with E-state index in [9.17, 15) is 4.79 Å². The number of primary amides is 1. The lowest BCUT2D eigenvalue weighted by atomic mass is 9.78. The molecule has 2 unspecified atom stereocenters. The molecule has 0 bridgehead atoms. The van der Waals surface area contributed by atoms with E-state index >= 15 is 0 Å². The topological polar surface area (TPSA) is 55.1 Å². The van der Waals surface area contributed by atoms with E-state index in [1.807, 2.05) is 24.3 Å². The standard InChI is InChI=1S/C16H24N2O/c1-11-6-5-7-12(2)16(11)18-14-9-4-3-8-13(14)10-15(17)19/h3-4,8-9,11-12,16,18H,5-7,10H2,1-2H3,(H2,17,19). The van der Waals surface area contributed by atoms with Gasteiger partial charge in [-0.25, -0.2) is 0 Å². The molecule has 2 atom stereocenters. The summed E-state index contributed by atoms with van der Waals surface area (Å²) in [7, 11) is 0. The Morgan fingerprint density at radius 1 is 1.26 bits per heavy atom. The van der Waals surface area contributed by atoms with Crippen LogP contribution in [0.2, 0.25) is 0 Å². The lowest BCUT2D eigenvalue weighted by molar-refractivity contribution is -0.117. The molecule has 104 valence electrons. The predicted molar refractivity (Wildman–Crippen MR) is 78.9 cm³/mol. The molecule has 3 N–H and O–H groups in total. The van der Waals surface area contributed by atoms with Gasteiger partial charge < -0.3 is 11.1 Å². The summed E-state index contributed by atoms with van der Waals surface area (Å²) >= 11 is 0. The Bertz CT molecular complexity index is 434. The van der Waals surface area contributed by atoms with Crippen molar-refractivity contribution in [3.05, 3.63) is 29.8 Å². The predicted octanol–water partition coefficient (Wildman–Crippen LogP) is 2.95. The lowest BCUT2D eigenvalue weighted by Crippen LogP contribution is -2.37. The van der Waals surface area contributed by atoms with Crippen molar-refractivity contribution in [2.24, 2.45) is 17.6 Å². The van der Waals surface area contributed by atoms with Crippen LogP contribution in [0.4, 0.5) is 5.69 Å². The number of benzene rings is 1. The minimum Gasteiger partial charge on any atom is -0.382 e. The van der Waals surface area contributed by atoms with Crippen LogP contribution >= 0.6 is 0 Å². The zero-order chi connectivity index (χ0) is 13.8. The Hall–Kier alpha value is -1.51. The molecule has 1 aliphatic rings. The highest BCUT2D eigenvalue weighted by Gasteiger charge is 2.27. The van der Waals surface area contributed by atoms with Gasteiger partial charge in [-0.05, 0) is 36.3 Å². The minimum absolute atomic E-state index is 0.279. The summed E-state index contributed by atoms with van der Waals surface area (Å²) in [6.45, 7) is 4.62. The fourth-order valence-corrected chi connectivity index (χ4v) is 3.15. The lowest BCUT2D eigenvalue weighted by Gasteiger charge is -2.36. The third-order valence-corrected chi connectivity index (χ3v) is 4.25. The Morgan fingerprint density at radius 2 is 1.89 bits per heavy atom. The monoisotopic (exact) mass is 260 g/mol. The van der Waals surface area contributed by atoms with E-state index in [1.165, 1.54) is 19.3 Å². The highest BCUT2D eigenvalue weighted by Crippen LogP contribution is 2.32. The number of rotatable bonds is 4. The Labute approximate surface area is 115 Å². The molecule has 19 heavy (non-hydrogen) atoms. The van der Waals surface area contributed by atoms with Crippen LogP contribution in [0.25, 0.3) is 0 Å². The van der Waals surface area contributed by atoms with E-state index in [1.54, 1.807) is 0 Å². The van der Waals surface area contributed by atoms with Crippen molar-refractivity contribution in [3.8, 4) is 0 Å². The Morgan fingerprint density at radius 3 is 2.53 bits per heavy atom. The van der Waals surface area contributed by atoms with Gasteiger partial charge in [-0.1, -0.05) is 38.5 Å². The minimum atomic E-state index is -0.279. The molecule has 1 amide bonds. The van der Waals surface area contributed by atoms with E-state index in [-0.39, 0.29) is 5.91 Å². The van der Waals surface area contributed by atoms with E-state index < -0.39 is 0 Å². The fraction of sp³-hybridized carbons (Fsp3) is 0.562. The first kappa shape index (κ1) is 13.9. The number of carbonyl (C=O) groups excluding carboxylic acids is 1. The second kappa shape index (κ2) is 6.09. The molecule has 0 aromatic heterocycles. The van der Waals surface area contributed by atoms with Gasteiger partial charge in [-0.3, -0.25) is 4.79 Å². The van der Waals surface area contributed by atoms with Crippen LogP contribution in [-0.2, 0) is 11.2 Å². The first-order valence-corrected chi connectivity index (χ1v) is 7.20. The van der Waals surface area contributed by atoms with Gasteiger partial charge in [0, 0.05) is 11.7 Å². The largest absolute Gasteiger partial charge is 0.382 e. The molecule has 1 aromatic rings. The number of amides is 1. The third kappa shape index (κ3) is 3.49. The van der Waals surface area contributed by atoms with Crippen molar-refractivity contribution in [1.29, 1.82) is 0 Å². The summed E-state index contributed by atoms with van der Waals surface area (Å²) in [5.74, 6) is 1.06. The Balaban J connectivity index is 2.15. The molecule has 3 nitrogen and oxygen atoms in total. The zero-order valence-electron chi connectivity index (χ0n) is 11.9. The highest BCUT2D eigenvalue weighted by molar-refractivity contribution is 5.78. The number of para-hydroxylation sites is 1.